The van der Waals surface area contributed by atoms with Gasteiger partial charge >= 0.3 is 0 Å². The molecule has 1 N–H and O–H groups in total. The van der Waals surface area contributed by atoms with Crippen LogP contribution in [0.1, 0.15) is 10.4 Å². The van der Waals surface area contributed by atoms with Crippen molar-refractivity contribution in [1.29, 1.82) is 0 Å². The number of para-hydroxylation sites is 1. The Morgan fingerprint density at radius 1 is 1.06 bits per heavy atom. The minimum absolute atomic E-state index is 0.173. The van der Waals surface area contributed by atoms with E-state index in [0.29, 0.717) is 22.5 Å². The predicted octanol–water partition coefficient (Wildman–Crippen LogP) is 3.62. The average molecular weight is 238 g/mol. The van der Waals surface area contributed by atoms with Crippen LogP contribution in [0.2, 0.25) is 0 Å². The second-order valence-corrected chi connectivity index (χ2v) is 4.04. The lowest BCUT2D eigenvalue weighted by molar-refractivity contribution is 0.112. The number of furan rings is 1. The molecular weight excluding hydrogens is 228 g/mol. The van der Waals surface area contributed by atoms with Gasteiger partial charge in [0.1, 0.15) is 23.4 Å². The normalized spacial score (nSPS) is 10.7. The van der Waals surface area contributed by atoms with Crippen molar-refractivity contribution in [3.63, 3.8) is 0 Å². The van der Waals surface area contributed by atoms with E-state index in [4.69, 9.17) is 4.42 Å². The minimum Gasteiger partial charge on any atom is -0.507 e. The lowest BCUT2D eigenvalue weighted by atomic mass is 10.1. The zero-order valence-electron chi connectivity index (χ0n) is 9.46. The highest BCUT2D eigenvalue weighted by atomic mass is 16.3. The number of benzene rings is 2. The molecule has 88 valence electrons. The molecule has 0 amide bonds. The number of phenols is 1. The summed E-state index contributed by atoms with van der Waals surface area (Å²) in [5, 5.41) is 10.7. The van der Waals surface area contributed by atoms with E-state index in [1.165, 1.54) is 0 Å². The van der Waals surface area contributed by atoms with Crippen LogP contribution in [-0.2, 0) is 0 Å². The summed E-state index contributed by atoms with van der Waals surface area (Å²) in [4.78, 5) is 10.7. The van der Waals surface area contributed by atoms with Crippen molar-refractivity contribution in [2.24, 2.45) is 0 Å². The Morgan fingerprint density at radius 3 is 2.67 bits per heavy atom. The minimum atomic E-state index is 0.173. The maximum absolute atomic E-state index is 10.7. The van der Waals surface area contributed by atoms with Crippen LogP contribution in [-0.4, -0.2) is 11.4 Å². The maximum Gasteiger partial charge on any atom is 0.150 e. The molecule has 0 atom stereocenters. The van der Waals surface area contributed by atoms with Crippen LogP contribution in [0.3, 0.4) is 0 Å². The largest absolute Gasteiger partial charge is 0.507 e. The van der Waals surface area contributed by atoms with Crippen molar-refractivity contribution in [3.05, 3.63) is 54.1 Å². The van der Waals surface area contributed by atoms with Gasteiger partial charge < -0.3 is 9.52 Å². The van der Waals surface area contributed by atoms with E-state index in [1.54, 1.807) is 30.3 Å². The topological polar surface area (TPSA) is 50.4 Å². The highest BCUT2D eigenvalue weighted by molar-refractivity contribution is 5.88. The smallest absolute Gasteiger partial charge is 0.150 e. The van der Waals surface area contributed by atoms with Crippen LogP contribution in [0.25, 0.3) is 22.3 Å². The van der Waals surface area contributed by atoms with Crippen molar-refractivity contribution in [3.8, 4) is 17.1 Å². The molecule has 3 aromatic rings. The van der Waals surface area contributed by atoms with Gasteiger partial charge in [0, 0.05) is 10.9 Å². The van der Waals surface area contributed by atoms with Crippen LogP contribution in [0.15, 0.2) is 52.9 Å². The lowest BCUT2D eigenvalue weighted by Crippen LogP contribution is -1.75. The third-order valence-electron chi connectivity index (χ3n) is 2.85. The standard InChI is InChI=1S/C15H10O3/c16-9-10-5-6-11-8-15(18-14(11)7-10)12-3-1-2-4-13(12)17/h1-9,17H. The van der Waals surface area contributed by atoms with Gasteiger partial charge in [-0.15, -0.1) is 0 Å². The summed E-state index contributed by atoms with van der Waals surface area (Å²) in [7, 11) is 0. The first-order chi connectivity index (χ1) is 8.78. The third-order valence-corrected chi connectivity index (χ3v) is 2.85. The molecule has 0 saturated carbocycles. The van der Waals surface area contributed by atoms with Gasteiger partial charge in [-0.25, -0.2) is 0 Å². The van der Waals surface area contributed by atoms with E-state index < -0.39 is 0 Å². The molecule has 0 saturated heterocycles. The maximum atomic E-state index is 10.7. The molecule has 0 unspecified atom stereocenters. The summed E-state index contributed by atoms with van der Waals surface area (Å²) in [6.07, 6.45) is 0.779. The van der Waals surface area contributed by atoms with Gasteiger partial charge in [0.2, 0.25) is 0 Å². The first-order valence-electron chi connectivity index (χ1n) is 5.55. The second kappa shape index (κ2) is 4.04. The fraction of sp³-hybridized carbons (Fsp3) is 0. The molecule has 0 aliphatic carbocycles. The highest BCUT2D eigenvalue weighted by Gasteiger charge is 2.09. The second-order valence-electron chi connectivity index (χ2n) is 4.04. The molecule has 0 aliphatic rings. The molecule has 1 heterocycles. The van der Waals surface area contributed by atoms with Gasteiger partial charge in [0.25, 0.3) is 0 Å². The summed E-state index contributed by atoms with van der Waals surface area (Å²) >= 11 is 0. The van der Waals surface area contributed by atoms with Crippen molar-refractivity contribution in [1.82, 2.24) is 0 Å². The van der Waals surface area contributed by atoms with E-state index in [0.717, 1.165) is 11.7 Å². The first-order valence-corrected chi connectivity index (χ1v) is 5.55. The molecule has 0 spiro atoms. The molecule has 0 radical (unpaired) electrons. The Morgan fingerprint density at radius 2 is 1.89 bits per heavy atom. The molecule has 2 aromatic carbocycles. The molecule has 3 nitrogen and oxygen atoms in total. The highest BCUT2D eigenvalue weighted by Crippen LogP contribution is 2.33. The summed E-state index contributed by atoms with van der Waals surface area (Å²) < 4.78 is 5.66. The molecule has 3 rings (SSSR count). The van der Waals surface area contributed by atoms with Crippen molar-refractivity contribution >= 4 is 17.3 Å². The third kappa shape index (κ3) is 1.66. The van der Waals surface area contributed by atoms with Crippen molar-refractivity contribution in [2.45, 2.75) is 0 Å². The van der Waals surface area contributed by atoms with E-state index in [2.05, 4.69) is 0 Å². The van der Waals surface area contributed by atoms with E-state index >= 15 is 0 Å². The van der Waals surface area contributed by atoms with E-state index in [9.17, 15) is 9.90 Å². The fourth-order valence-electron chi connectivity index (χ4n) is 1.94. The van der Waals surface area contributed by atoms with Gasteiger partial charge in [-0.05, 0) is 24.3 Å². The Hall–Kier alpha value is -2.55. The monoisotopic (exact) mass is 238 g/mol. The molecule has 1 aromatic heterocycles. The molecule has 0 fully saturated rings. The number of fused-ring (bicyclic) bond motifs is 1. The Labute approximate surface area is 103 Å². The Balaban J connectivity index is 2.19. The fourth-order valence-corrected chi connectivity index (χ4v) is 1.94. The zero-order chi connectivity index (χ0) is 12.5. The van der Waals surface area contributed by atoms with Gasteiger partial charge in [0.15, 0.2) is 0 Å². The van der Waals surface area contributed by atoms with Gasteiger partial charge in [-0.2, -0.15) is 0 Å². The van der Waals surface area contributed by atoms with Gasteiger partial charge in [0.05, 0.1) is 5.56 Å². The summed E-state index contributed by atoms with van der Waals surface area (Å²) in [5.41, 5.74) is 1.85. The number of aromatic hydroxyl groups is 1. The van der Waals surface area contributed by atoms with E-state index in [-0.39, 0.29) is 5.75 Å². The molecule has 0 bridgehead atoms. The first kappa shape index (κ1) is 10.6. The SMILES string of the molecule is O=Cc1ccc2cc(-c3ccccc3O)oc2c1. The van der Waals surface area contributed by atoms with Crippen LogP contribution in [0, 0.1) is 0 Å². The molecule has 18 heavy (non-hydrogen) atoms. The summed E-state index contributed by atoms with van der Waals surface area (Å²) in [6.45, 7) is 0. The number of carbonyl (C=O) groups excluding carboxylic acids is 1. The molecular formula is C15H10O3. The summed E-state index contributed by atoms with van der Waals surface area (Å²) in [6, 6.07) is 14.1. The van der Waals surface area contributed by atoms with Crippen LogP contribution in [0.4, 0.5) is 0 Å². The van der Waals surface area contributed by atoms with Gasteiger partial charge in [-0.1, -0.05) is 24.3 Å². The number of carbonyl (C=O) groups is 1. The Kier molecular flexibility index (Phi) is 2.38. The van der Waals surface area contributed by atoms with Crippen LogP contribution >= 0.6 is 0 Å². The number of phenolic OH excluding ortho intramolecular Hbond substituents is 1. The Bertz CT molecular complexity index is 725. The lowest BCUT2D eigenvalue weighted by Gasteiger charge is -1.98. The van der Waals surface area contributed by atoms with Crippen molar-refractivity contribution in [2.75, 3.05) is 0 Å². The zero-order valence-corrected chi connectivity index (χ0v) is 9.46. The number of aldehydes is 1. The quantitative estimate of drug-likeness (QED) is 0.694. The summed E-state index contributed by atoms with van der Waals surface area (Å²) in [5.74, 6) is 0.762. The van der Waals surface area contributed by atoms with E-state index in [1.807, 2.05) is 18.2 Å². The van der Waals surface area contributed by atoms with Crippen molar-refractivity contribution < 1.29 is 14.3 Å². The number of hydrogen-bond donors (Lipinski definition) is 1. The van der Waals surface area contributed by atoms with Gasteiger partial charge in [-0.3, -0.25) is 4.79 Å². The predicted molar refractivity (Wildman–Crippen MR) is 68.7 cm³/mol. The number of rotatable bonds is 2. The average Bonchev–Trinajstić information content (AvgIpc) is 2.81. The molecule has 3 heteroatoms. The van der Waals surface area contributed by atoms with Crippen LogP contribution in [0.5, 0.6) is 5.75 Å². The van der Waals surface area contributed by atoms with Crippen LogP contribution < -0.4 is 0 Å². The number of hydrogen-bond acceptors (Lipinski definition) is 3. The molecule has 0 aliphatic heterocycles.